The number of nitrogens with zero attached hydrogens (tertiary/aromatic N) is 3. The molecule has 0 aliphatic rings. The highest BCUT2D eigenvalue weighted by Crippen LogP contribution is 2.37. The molecule has 0 unspecified atom stereocenters. The van der Waals surface area contributed by atoms with Gasteiger partial charge in [-0.15, -0.1) is 11.3 Å². The maximum Gasteiger partial charge on any atom is 0.126 e. The fraction of sp³-hybridized carbons (Fsp3) is 0.179. The zero-order valence-corrected chi connectivity index (χ0v) is 22.1. The van der Waals surface area contributed by atoms with Gasteiger partial charge < -0.3 is 9.47 Å². The summed E-state index contributed by atoms with van der Waals surface area (Å²) in [7, 11) is 1.64. The van der Waals surface area contributed by atoms with E-state index in [2.05, 4.69) is 22.4 Å². The molecule has 0 aliphatic carbocycles. The molecule has 5 aromatic rings. The van der Waals surface area contributed by atoms with Gasteiger partial charge in [-0.3, -0.25) is 9.71 Å². The molecule has 0 fully saturated rings. The van der Waals surface area contributed by atoms with Crippen LogP contribution in [0.15, 0.2) is 66.2 Å². The number of thiazole rings is 1. The third-order valence-electron chi connectivity index (χ3n) is 5.61. The largest absolute Gasteiger partial charge is 0.492 e. The third-order valence-corrected chi connectivity index (χ3v) is 7.50. The van der Waals surface area contributed by atoms with Crippen LogP contribution in [0.4, 0.5) is 4.39 Å². The molecule has 0 radical (unpaired) electrons. The first-order chi connectivity index (χ1) is 18.0. The van der Waals surface area contributed by atoms with Crippen LogP contribution in [-0.2, 0) is 11.3 Å². The quantitative estimate of drug-likeness (QED) is 0.156. The number of methoxy groups -OCH3 is 1. The standard InChI is InChI=1S/C28H25FN4O2S2/c1-4-18-12-23(27-24(13-18)32-20(15-30-27)16-34-3)28-33-26-17(2)11-21(14-25(26)36-28)35-10-9-31-37-22-7-5-19(29)6-8-22/h4-8,11-15,31H,1,9-10,16H2,2-3H3. The van der Waals surface area contributed by atoms with Crippen LogP contribution in [0.25, 0.3) is 37.9 Å². The summed E-state index contributed by atoms with van der Waals surface area (Å²) in [4.78, 5) is 15.3. The summed E-state index contributed by atoms with van der Waals surface area (Å²) >= 11 is 3.05. The predicted molar refractivity (Wildman–Crippen MR) is 149 cm³/mol. The molecule has 0 saturated carbocycles. The summed E-state index contributed by atoms with van der Waals surface area (Å²) in [5.74, 6) is 0.554. The lowest BCUT2D eigenvalue weighted by Gasteiger charge is -2.08. The number of rotatable bonds is 10. The number of aryl methyl sites for hydroxylation is 1. The zero-order valence-electron chi connectivity index (χ0n) is 20.5. The molecule has 0 atom stereocenters. The number of nitrogens with one attached hydrogen (secondary N) is 1. The molecular formula is C28H25FN4O2S2. The average molecular weight is 533 g/mol. The monoisotopic (exact) mass is 532 g/mol. The summed E-state index contributed by atoms with van der Waals surface area (Å²) in [6.07, 6.45) is 3.55. The zero-order chi connectivity index (χ0) is 25.8. The molecule has 9 heteroatoms. The van der Waals surface area contributed by atoms with Gasteiger partial charge in [-0.05, 0) is 78.5 Å². The van der Waals surface area contributed by atoms with Crippen LogP contribution in [0, 0.1) is 12.7 Å². The van der Waals surface area contributed by atoms with E-state index >= 15 is 0 Å². The minimum absolute atomic E-state index is 0.240. The van der Waals surface area contributed by atoms with Crippen molar-refractivity contribution in [2.24, 2.45) is 0 Å². The second-order valence-corrected chi connectivity index (χ2v) is 10.3. The topological polar surface area (TPSA) is 69.2 Å². The first kappa shape index (κ1) is 25.3. The first-order valence-corrected chi connectivity index (χ1v) is 13.3. The van der Waals surface area contributed by atoms with Crippen LogP contribution in [0.2, 0.25) is 0 Å². The Morgan fingerprint density at radius 1 is 1.11 bits per heavy atom. The Hall–Kier alpha value is -3.37. The minimum atomic E-state index is -0.240. The van der Waals surface area contributed by atoms with Crippen LogP contribution < -0.4 is 9.46 Å². The van der Waals surface area contributed by atoms with Gasteiger partial charge in [-0.25, -0.2) is 14.4 Å². The number of ether oxygens (including phenoxy) is 2. The van der Waals surface area contributed by atoms with Crippen molar-refractivity contribution in [2.75, 3.05) is 20.3 Å². The molecule has 1 N–H and O–H groups in total. The van der Waals surface area contributed by atoms with Crippen LogP contribution in [-0.4, -0.2) is 35.2 Å². The van der Waals surface area contributed by atoms with E-state index in [0.717, 1.165) is 59.3 Å². The van der Waals surface area contributed by atoms with Gasteiger partial charge in [0, 0.05) is 24.1 Å². The highest BCUT2D eigenvalue weighted by atomic mass is 32.2. The normalized spacial score (nSPS) is 11.3. The van der Waals surface area contributed by atoms with Crippen molar-refractivity contribution < 1.29 is 13.9 Å². The number of benzene rings is 3. The molecule has 3 aromatic carbocycles. The van der Waals surface area contributed by atoms with Crippen molar-refractivity contribution in [3.05, 3.63) is 83.9 Å². The number of halogens is 1. The SMILES string of the molecule is C=Cc1cc(-c2nc3c(C)cc(OCCNSc4ccc(F)cc4)cc3s2)c2ncc(COC)nc2c1. The molecule has 6 nitrogen and oxygen atoms in total. The van der Waals surface area contributed by atoms with Gasteiger partial charge in [-0.1, -0.05) is 12.7 Å². The van der Waals surface area contributed by atoms with Gasteiger partial charge in [0.05, 0.1) is 39.7 Å². The third kappa shape index (κ3) is 5.80. The van der Waals surface area contributed by atoms with Crippen molar-refractivity contribution in [3.63, 3.8) is 0 Å². The van der Waals surface area contributed by atoms with E-state index in [1.54, 1.807) is 42.9 Å². The molecular weight excluding hydrogens is 507 g/mol. The molecule has 188 valence electrons. The van der Waals surface area contributed by atoms with Gasteiger partial charge in [0.2, 0.25) is 0 Å². The molecule has 0 saturated heterocycles. The fourth-order valence-electron chi connectivity index (χ4n) is 3.89. The summed E-state index contributed by atoms with van der Waals surface area (Å²) in [6.45, 7) is 7.51. The smallest absolute Gasteiger partial charge is 0.126 e. The Morgan fingerprint density at radius 3 is 2.73 bits per heavy atom. The highest BCUT2D eigenvalue weighted by Gasteiger charge is 2.15. The fourth-order valence-corrected chi connectivity index (χ4v) is 5.61. The number of fused-ring (bicyclic) bond motifs is 2. The van der Waals surface area contributed by atoms with Gasteiger partial charge in [0.25, 0.3) is 0 Å². The van der Waals surface area contributed by atoms with Gasteiger partial charge in [-0.2, -0.15) is 0 Å². The molecule has 37 heavy (non-hydrogen) atoms. The van der Waals surface area contributed by atoms with Gasteiger partial charge in [0.15, 0.2) is 0 Å². The van der Waals surface area contributed by atoms with Crippen molar-refractivity contribution in [2.45, 2.75) is 18.4 Å². The van der Waals surface area contributed by atoms with Crippen LogP contribution in [0.5, 0.6) is 5.75 Å². The second-order valence-electron chi connectivity index (χ2n) is 8.34. The van der Waals surface area contributed by atoms with E-state index in [-0.39, 0.29) is 5.82 Å². The number of hydrogen-bond acceptors (Lipinski definition) is 8. The van der Waals surface area contributed by atoms with E-state index in [0.29, 0.717) is 19.8 Å². The summed E-state index contributed by atoms with van der Waals surface area (Å²) in [6, 6.07) is 14.4. The second kappa shape index (κ2) is 11.4. The molecule has 0 bridgehead atoms. The molecule has 5 rings (SSSR count). The Bertz CT molecular complexity index is 1570. The van der Waals surface area contributed by atoms with Crippen LogP contribution >= 0.6 is 23.3 Å². The maximum absolute atomic E-state index is 13.0. The number of hydrogen-bond donors (Lipinski definition) is 1. The lowest BCUT2D eigenvalue weighted by molar-refractivity contribution is 0.181. The van der Waals surface area contributed by atoms with Gasteiger partial charge >= 0.3 is 0 Å². The van der Waals surface area contributed by atoms with Crippen molar-refractivity contribution in [1.29, 1.82) is 0 Å². The first-order valence-electron chi connectivity index (χ1n) is 11.6. The molecule has 0 amide bonds. The Morgan fingerprint density at radius 2 is 1.95 bits per heavy atom. The number of aromatic nitrogens is 3. The minimum Gasteiger partial charge on any atom is -0.492 e. The highest BCUT2D eigenvalue weighted by molar-refractivity contribution is 7.97. The summed E-state index contributed by atoms with van der Waals surface area (Å²) in [5.41, 5.74) is 6.22. The van der Waals surface area contributed by atoms with E-state index in [1.165, 1.54) is 24.1 Å². The van der Waals surface area contributed by atoms with Gasteiger partial charge in [0.1, 0.15) is 23.2 Å². The van der Waals surface area contributed by atoms with E-state index < -0.39 is 0 Å². The van der Waals surface area contributed by atoms with Crippen molar-refractivity contribution >= 4 is 50.6 Å². The predicted octanol–water partition coefficient (Wildman–Crippen LogP) is 6.82. The van der Waals surface area contributed by atoms with E-state index in [4.69, 9.17) is 19.4 Å². The average Bonchev–Trinajstić information content (AvgIpc) is 3.34. The lowest BCUT2D eigenvalue weighted by Crippen LogP contribution is -2.14. The Balaban J connectivity index is 1.35. The molecule has 0 spiro atoms. The summed E-state index contributed by atoms with van der Waals surface area (Å²) in [5, 5.41) is 0.870. The Kier molecular flexibility index (Phi) is 7.76. The maximum atomic E-state index is 13.0. The lowest BCUT2D eigenvalue weighted by atomic mass is 10.1. The van der Waals surface area contributed by atoms with E-state index in [9.17, 15) is 4.39 Å². The van der Waals surface area contributed by atoms with Crippen LogP contribution in [0.3, 0.4) is 0 Å². The van der Waals surface area contributed by atoms with Crippen LogP contribution in [0.1, 0.15) is 16.8 Å². The molecule has 2 aromatic heterocycles. The van der Waals surface area contributed by atoms with Crippen molar-refractivity contribution in [1.82, 2.24) is 19.7 Å². The molecule has 2 heterocycles. The van der Waals surface area contributed by atoms with Crippen molar-refractivity contribution in [3.8, 4) is 16.3 Å². The Labute approximate surface area is 222 Å². The molecule has 0 aliphatic heterocycles. The van der Waals surface area contributed by atoms with E-state index in [1.807, 2.05) is 25.1 Å². The summed E-state index contributed by atoms with van der Waals surface area (Å²) < 4.78 is 28.5.